The summed E-state index contributed by atoms with van der Waals surface area (Å²) in [4.78, 5) is 10.9. The van der Waals surface area contributed by atoms with Crippen molar-refractivity contribution in [3.63, 3.8) is 0 Å². The molecule has 86 valence electrons. The molecule has 1 N–H and O–H groups in total. The molecule has 0 heterocycles. The van der Waals surface area contributed by atoms with E-state index in [0.29, 0.717) is 18.3 Å². The molecule has 1 fully saturated rings. The first-order valence-electron chi connectivity index (χ1n) is 5.63. The summed E-state index contributed by atoms with van der Waals surface area (Å²) in [6.07, 6.45) is 2.47. The van der Waals surface area contributed by atoms with Gasteiger partial charge in [0.2, 0.25) is 0 Å². The smallest absolute Gasteiger partial charge is 0.310 e. The van der Waals surface area contributed by atoms with Gasteiger partial charge in [-0.05, 0) is 31.7 Å². The molecular formula is C13H16O3. The number of hydrogen-bond acceptors (Lipinski definition) is 2. The van der Waals surface area contributed by atoms with Crippen LogP contribution in [0.1, 0.15) is 31.2 Å². The van der Waals surface area contributed by atoms with E-state index in [9.17, 15) is 4.79 Å². The molecule has 1 saturated carbocycles. The third kappa shape index (κ3) is 2.54. The Morgan fingerprint density at radius 1 is 1.50 bits per heavy atom. The Bertz CT molecular complexity index is 383. The molecule has 1 unspecified atom stereocenters. The van der Waals surface area contributed by atoms with Gasteiger partial charge in [0.25, 0.3) is 0 Å². The maximum Gasteiger partial charge on any atom is 0.310 e. The van der Waals surface area contributed by atoms with Crippen molar-refractivity contribution in [1.82, 2.24) is 0 Å². The Kier molecular flexibility index (Phi) is 3.13. The second kappa shape index (κ2) is 4.56. The quantitative estimate of drug-likeness (QED) is 0.829. The first kappa shape index (κ1) is 11.0. The first-order valence-corrected chi connectivity index (χ1v) is 5.63. The molecule has 0 aliphatic heterocycles. The molecule has 1 aromatic carbocycles. The van der Waals surface area contributed by atoms with E-state index in [-0.39, 0.29) is 0 Å². The zero-order chi connectivity index (χ0) is 11.5. The molecule has 2 rings (SSSR count). The molecule has 1 aliphatic carbocycles. The Morgan fingerprint density at radius 2 is 2.19 bits per heavy atom. The monoisotopic (exact) mass is 220 g/mol. The van der Waals surface area contributed by atoms with Gasteiger partial charge >= 0.3 is 5.97 Å². The first-order chi connectivity index (χ1) is 7.68. The van der Waals surface area contributed by atoms with Crippen molar-refractivity contribution in [3.05, 3.63) is 29.8 Å². The van der Waals surface area contributed by atoms with Crippen molar-refractivity contribution in [1.29, 1.82) is 0 Å². The molecule has 0 amide bonds. The molecular weight excluding hydrogens is 204 g/mol. The Hall–Kier alpha value is -1.51. The van der Waals surface area contributed by atoms with Crippen LogP contribution in [-0.4, -0.2) is 17.7 Å². The van der Waals surface area contributed by atoms with E-state index in [1.54, 1.807) is 6.92 Å². The van der Waals surface area contributed by atoms with Crippen LogP contribution in [0, 0.1) is 5.92 Å². The standard InChI is InChI=1S/C13H16O3/c1-9(13(14)15)11-4-2-3-5-12(11)16-8-10-6-7-10/h2-5,9-10H,6-8H2,1H3,(H,14,15). The van der Waals surface area contributed by atoms with E-state index in [1.807, 2.05) is 24.3 Å². The fourth-order valence-corrected chi connectivity index (χ4v) is 1.59. The summed E-state index contributed by atoms with van der Waals surface area (Å²) >= 11 is 0. The molecule has 1 atom stereocenters. The van der Waals surface area contributed by atoms with E-state index in [1.165, 1.54) is 12.8 Å². The number of ether oxygens (including phenoxy) is 1. The molecule has 0 radical (unpaired) electrons. The number of carboxylic acid groups (broad SMARTS) is 1. The molecule has 0 aromatic heterocycles. The third-order valence-electron chi connectivity index (χ3n) is 2.93. The van der Waals surface area contributed by atoms with Gasteiger partial charge < -0.3 is 9.84 Å². The van der Waals surface area contributed by atoms with Crippen molar-refractivity contribution in [2.45, 2.75) is 25.7 Å². The number of para-hydroxylation sites is 1. The zero-order valence-electron chi connectivity index (χ0n) is 9.35. The average Bonchev–Trinajstić information content (AvgIpc) is 3.09. The zero-order valence-corrected chi connectivity index (χ0v) is 9.35. The minimum absolute atomic E-state index is 0.518. The van der Waals surface area contributed by atoms with E-state index in [2.05, 4.69) is 0 Å². The number of hydrogen-bond donors (Lipinski definition) is 1. The van der Waals surface area contributed by atoms with Crippen LogP contribution in [0.4, 0.5) is 0 Å². The van der Waals surface area contributed by atoms with Crippen molar-refractivity contribution in [2.75, 3.05) is 6.61 Å². The van der Waals surface area contributed by atoms with E-state index < -0.39 is 11.9 Å². The average molecular weight is 220 g/mol. The van der Waals surface area contributed by atoms with Crippen LogP contribution in [0.15, 0.2) is 24.3 Å². The number of carboxylic acids is 1. The SMILES string of the molecule is CC(C(=O)O)c1ccccc1OCC1CC1. The highest BCUT2D eigenvalue weighted by Gasteiger charge is 2.23. The molecule has 16 heavy (non-hydrogen) atoms. The maximum absolute atomic E-state index is 10.9. The predicted octanol–water partition coefficient (Wildman–Crippen LogP) is 2.66. The largest absolute Gasteiger partial charge is 0.493 e. The highest BCUT2D eigenvalue weighted by molar-refractivity contribution is 5.76. The van der Waals surface area contributed by atoms with E-state index in [4.69, 9.17) is 9.84 Å². The second-order valence-corrected chi connectivity index (χ2v) is 4.35. The summed E-state index contributed by atoms with van der Waals surface area (Å²) in [6, 6.07) is 7.39. The van der Waals surface area contributed by atoms with Crippen LogP contribution in [0.3, 0.4) is 0 Å². The summed E-state index contributed by atoms with van der Waals surface area (Å²) in [5.41, 5.74) is 0.760. The second-order valence-electron chi connectivity index (χ2n) is 4.35. The summed E-state index contributed by atoms with van der Waals surface area (Å²) in [7, 11) is 0. The maximum atomic E-state index is 10.9. The number of aliphatic carboxylic acids is 1. The molecule has 1 aromatic rings. The van der Waals surface area contributed by atoms with Gasteiger partial charge in [0.1, 0.15) is 5.75 Å². The fourth-order valence-electron chi connectivity index (χ4n) is 1.59. The summed E-state index contributed by atoms with van der Waals surface area (Å²) in [6.45, 7) is 2.39. The van der Waals surface area contributed by atoms with Crippen LogP contribution in [-0.2, 0) is 4.79 Å². The van der Waals surface area contributed by atoms with Crippen LogP contribution in [0.5, 0.6) is 5.75 Å². The minimum atomic E-state index is -0.817. The van der Waals surface area contributed by atoms with Crippen LogP contribution < -0.4 is 4.74 Å². The van der Waals surface area contributed by atoms with Crippen LogP contribution >= 0.6 is 0 Å². The topological polar surface area (TPSA) is 46.5 Å². The van der Waals surface area contributed by atoms with Gasteiger partial charge in [0.15, 0.2) is 0 Å². The number of benzene rings is 1. The number of rotatable bonds is 5. The Morgan fingerprint density at radius 3 is 2.81 bits per heavy atom. The van der Waals surface area contributed by atoms with Gasteiger partial charge in [-0.1, -0.05) is 18.2 Å². The van der Waals surface area contributed by atoms with Crippen molar-refractivity contribution in [3.8, 4) is 5.75 Å². The van der Waals surface area contributed by atoms with Crippen molar-refractivity contribution >= 4 is 5.97 Å². The minimum Gasteiger partial charge on any atom is -0.493 e. The molecule has 3 heteroatoms. The van der Waals surface area contributed by atoms with Gasteiger partial charge in [-0.15, -0.1) is 0 Å². The fraction of sp³-hybridized carbons (Fsp3) is 0.462. The molecule has 1 aliphatic rings. The van der Waals surface area contributed by atoms with Crippen molar-refractivity contribution in [2.24, 2.45) is 5.92 Å². The van der Waals surface area contributed by atoms with Gasteiger partial charge in [-0.3, -0.25) is 4.79 Å². The highest BCUT2D eigenvalue weighted by atomic mass is 16.5. The molecule has 0 saturated heterocycles. The lowest BCUT2D eigenvalue weighted by molar-refractivity contribution is -0.138. The Balaban J connectivity index is 2.11. The van der Waals surface area contributed by atoms with Gasteiger partial charge in [-0.25, -0.2) is 0 Å². The molecule has 0 spiro atoms. The lowest BCUT2D eigenvalue weighted by atomic mass is 10.0. The Labute approximate surface area is 95.0 Å². The third-order valence-corrected chi connectivity index (χ3v) is 2.93. The summed E-state index contributed by atoms with van der Waals surface area (Å²) in [5, 5.41) is 8.99. The number of carbonyl (C=O) groups is 1. The highest BCUT2D eigenvalue weighted by Crippen LogP contribution is 2.32. The predicted molar refractivity (Wildman–Crippen MR) is 60.7 cm³/mol. The van der Waals surface area contributed by atoms with E-state index in [0.717, 1.165) is 5.56 Å². The normalized spacial score (nSPS) is 16.8. The van der Waals surface area contributed by atoms with Crippen LogP contribution in [0.2, 0.25) is 0 Å². The van der Waals surface area contributed by atoms with Gasteiger partial charge in [0, 0.05) is 5.56 Å². The van der Waals surface area contributed by atoms with Gasteiger partial charge in [0.05, 0.1) is 12.5 Å². The van der Waals surface area contributed by atoms with Crippen LogP contribution in [0.25, 0.3) is 0 Å². The molecule has 0 bridgehead atoms. The van der Waals surface area contributed by atoms with E-state index >= 15 is 0 Å². The van der Waals surface area contributed by atoms with Crippen molar-refractivity contribution < 1.29 is 14.6 Å². The lowest BCUT2D eigenvalue weighted by Gasteiger charge is -2.13. The molecule has 3 nitrogen and oxygen atoms in total. The van der Waals surface area contributed by atoms with Gasteiger partial charge in [-0.2, -0.15) is 0 Å². The lowest BCUT2D eigenvalue weighted by Crippen LogP contribution is -2.10. The summed E-state index contributed by atoms with van der Waals surface area (Å²) in [5.74, 6) is 0.0513. The summed E-state index contributed by atoms with van der Waals surface area (Å²) < 4.78 is 5.67.